The van der Waals surface area contributed by atoms with E-state index >= 15 is 0 Å². The maximum Gasteiger partial charge on any atom is 0.130 e. The first-order chi connectivity index (χ1) is 18.1. The topological polar surface area (TPSA) is 0 Å². The summed E-state index contributed by atoms with van der Waals surface area (Å²) in [5.74, 6) is 2.16. The fourth-order valence-electron chi connectivity index (χ4n) is 5.80. The minimum atomic E-state index is -0.115. The second-order valence-corrected chi connectivity index (χ2v) is 11.0. The molecule has 0 saturated heterocycles. The van der Waals surface area contributed by atoms with Crippen LogP contribution in [0.15, 0.2) is 84.9 Å². The second kappa shape index (κ2) is 14.1. The minimum Gasteiger partial charge on any atom is -0.206 e. The highest BCUT2D eigenvalue weighted by atomic mass is 19.1. The highest BCUT2D eigenvalue weighted by Gasteiger charge is 2.23. The minimum absolute atomic E-state index is 0.115. The van der Waals surface area contributed by atoms with E-state index in [1.165, 1.54) is 49.7 Å². The van der Waals surface area contributed by atoms with Crippen LogP contribution in [0.4, 0.5) is 4.39 Å². The quantitative estimate of drug-likeness (QED) is 0.184. The van der Waals surface area contributed by atoms with E-state index in [1.54, 1.807) is 6.07 Å². The van der Waals surface area contributed by atoms with Gasteiger partial charge in [0.2, 0.25) is 0 Å². The molecule has 0 nitrogen and oxygen atoms in total. The summed E-state index contributed by atoms with van der Waals surface area (Å²) in [6.45, 7) is 4.43. The Morgan fingerprint density at radius 1 is 0.811 bits per heavy atom. The summed E-state index contributed by atoms with van der Waals surface area (Å²) in [7, 11) is 0. The molecule has 0 spiro atoms. The lowest BCUT2D eigenvalue weighted by Gasteiger charge is -2.30. The molecule has 1 saturated carbocycles. The van der Waals surface area contributed by atoms with Crippen LogP contribution in [-0.2, 0) is 12.8 Å². The molecule has 0 amide bonds. The molecule has 0 bridgehead atoms. The van der Waals surface area contributed by atoms with Gasteiger partial charge in [-0.1, -0.05) is 124 Å². The fourth-order valence-corrected chi connectivity index (χ4v) is 5.80. The van der Waals surface area contributed by atoms with Gasteiger partial charge in [0.1, 0.15) is 5.82 Å². The summed E-state index contributed by atoms with van der Waals surface area (Å²) in [4.78, 5) is 0. The standard InChI is InChI=1S/C36H43F/c1-3-4-6-9-29-12-14-31(15-13-29)22-24-35-25-23-33(27-36(35)37)21-18-30-16-19-32(20-17-30)26-28(2)34-10-7-5-8-11-34/h3-5,7-8,10-15,22-25,27-28,30,32H,6,9,16-21,26H2,1-2H3/b4-3+,24-22+. The van der Waals surface area contributed by atoms with Gasteiger partial charge >= 0.3 is 0 Å². The number of hydrogen-bond donors (Lipinski definition) is 0. The molecule has 0 radical (unpaired) electrons. The van der Waals surface area contributed by atoms with E-state index in [2.05, 4.69) is 86.7 Å². The van der Waals surface area contributed by atoms with Crippen LogP contribution < -0.4 is 0 Å². The zero-order valence-corrected chi connectivity index (χ0v) is 22.7. The van der Waals surface area contributed by atoms with Gasteiger partial charge in [0.05, 0.1) is 0 Å². The number of benzene rings is 3. The zero-order valence-electron chi connectivity index (χ0n) is 22.7. The molecule has 0 heterocycles. The molecule has 1 heteroatoms. The van der Waals surface area contributed by atoms with Gasteiger partial charge in [0.15, 0.2) is 0 Å². The summed E-state index contributed by atoms with van der Waals surface area (Å²) >= 11 is 0. The highest BCUT2D eigenvalue weighted by molar-refractivity contribution is 5.70. The third-order valence-corrected chi connectivity index (χ3v) is 8.20. The van der Waals surface area contributed by atoms with Crippen molar-refractivity contribution >= 4 is 12.2 Å². The molecule has 194 valence electrons. The van der Waals surface area contributed by atoms with E-state index in [1.807, 2.05) is 18.2 Å². The average Bonchev–Trinajstić information content (AvgIpc) is 2.93. The van der Waals surface area contributed by atoms with Gasteiger partial charge < -0.3 is 0 Å². The predicted molar refractivity (Wildman–Crippen MR) is 158 cm³/mol. The predicted octanol–water partition coefficient (Wildman–Crippen LogP) is 10.4. The Morgan fingerprint density at radius 3 is 2.22 bits per heavy atom. The van der Waals surface area contributed by atoms with Crippen molar-refractivity contribution in [3.63, 3.8) is 0 Å². The highest BCUT2D eigenvalue weighted by Crippen LogP contribution is 2.37. The lowest BCUT2D eigenvalue weighted by atomic mass is 9.75. The normalized spacial score (nSPS) is 19.0. The third kappa shape index (κ3) is 8.56. The molecule has 1 fully saturated rings. The Morgan fingerprint density at radius 2 is 1.51 bits per heavy atom. The van der Waals surface area contributed by atoms with Gasteiger partial charge in [-0.2, -0.15) is 0 Å². The summed E-state index contributed by atoms with van der Waals surface area (Å²) in [5, 5.41) is 0. The van der Waals surface area contributed by atoms with Gasteiger partial charge in [-0.3, -0.25) is 0 Å². The molecule has 4 rings (SSSR count). The van der Waals surface area contributed by atoms with E-state index < -0.39 is 0 Å². The van der Waals surface area contributed by atoms with Crippen molar-refractivity contribution in [3.8, 4) is 0 Å². The van der Waals surface area contributed by atoms with E-state index in [9.17, 15) is 4.39 Å². The van der Waals surface area contributed by atoms with E-state index in [0.29, 0.717) is 11.5 Å². The smallest absolute Gasteiger partial charge is 0.130 e. The molecular formula is C36H43F. The molecule has 1 aliphatic carbocycles. The number of aryl methyl sites for hydroxylation is 2. The molecule has 1 atom stereocenters. The molecule has 0 aliphatic heterocycles. The third-order valence-electron chi connectivity index (χ3n) is 8.20. The first kappa shape index (κ1) is 27.1. The maximum absolute atomic E-state index is 14.8. The summed E-state index contributed by atoms with van der Waals surface area (Å²) < 4.78 is 14.8. The van der Waals surface area contributed by atoms with Gasteiger partial charge in [-0.15, -0.1) is 0 Å². The molecular weight excluding hydrogens is 451 g/mol. The Bertz CT molecular complexity index is 1130. The second-order valence-electron chi connectivity index (χ2n) is 11.0. The molecule has 1 aliphatic rings. The first-order valence-electron chi connectivity index (χ1n) is 14.3. The first-order valence-corrected chi connectivity index (χ1v) is 14.3. The van der Waals surface area contributed by atoms with Crippen molar-refractivity contribution in [2.45, 2.75) is 77.6 Å². The number of allylic oxidation sites excluding steroid dienone is 2. The Kier molecular flexibility index (Phi) is 10.4. The molecule has 3 aromatic carbocycles. The van der Waals surface area contributed by atoms with Crippen LogP contribution in [0.25, 0.3) is 12.2 Å². The van der Waals surface area contributed by atoms with Crippen molar-refractivity contribution in [2.75, 3.05) is 0 Å². The van der Waals surface area contributed by atoms with Gasteiger partial charge in [0.25, 0.3) is 0 Å². The molecule has 0 aromatic heterocycles. The molecule has 3 aromatic rings. The Hall–Kier alpha value is -2.93. The molecule has 37 heavy (non-hydrogen) atoms. The van der Waals surface area contributed by atoms with Crippen LogP contribution in [0.2, 0.25) is 0 Å². The van der Waals surface area contributed by atoms with Crippen LogP contribution in [0.1, 0.15) is 92.5 Å². The van der Waals surface area contributed by atoms with Crippen LogP contribution in [0, 0.1) is 17.7 Å². The monoisotopic (exact) mass is 494 g/mol. The van der Waals surface area contributed by atoms with Gasteiger partial charge in [-0.05, 0) is 85.1 Å². The molecule has 0 N–H and O–H groups in total. The van der Waals surface area contributed by atoms with E-state index in [0.717, 1.165) is 42.2 Å². The SMILES string of the molecule is C/C=C/CCc1ccc(/C=C/c2ccc(CCC3CCC(CC(C)c4ccccc4)CC3)cc2F)cc1. The number of hydrogen-bond acceptors (Lipinski definition) is 0. The van der Waals surface area contributed by atoms with Crippen LogP contribution >= 0.6 is 0 Å². The van der Waals surface area contributed by atoms with Crippen molar-refractivity contribution in [1.29, 1.82) is 0 Å². The van der Waals surface area contributed by atoms with Crippen LogP contribution in [0.3, 0.4) is 0 Å². The van der Waals surface area contributed by atoms with Crippen molar-refractivity contribution in [3.05, 3.63) is 119 Å². The van der Waals surface area contributed by atoms with Crippen molar-refractivity contribution in [1.82, 2.24) is 0 Å². The number of rotatable bonds is 11. The lowest BCUT2D eigenvalue weighted by molar-refractivity contribution is 0.245. The number of halogens is 1. The Labute approximate surface area is 224 Å². The summed E-state index contributed by atoms with van der Waals surface area (Å²) in [6, 6.07) is 25.3. The van der Waals surface area contributed by atoms with Crippen molar-refractivity contribution < 1.29 is 4.39 Å². The Balaban J connectivity index is 1.21. The lowest BCUT2D eigenvalue weighted by Crippen LogP contribution is -2.17. The maximum atomic E-state index is 14.8. The van der Waals surface area contributed by atoms with Crippen LogP contribution in [0.5, 0.6) is 0 Å². The molecule has 1 unspecified atom stereocenters. The zero-order chi connectivity index (χ0) is 25.9. The van der Waals surface area contributed by atoms with Gasteiger partial charge in [-0.25, -0.2) is 4.39 Å². The summed E-state index contributed by atoms with van der Waals surface area (Å²) in [5.41, 5.74) is 5.69. The fraction of sp³-hybridized carbons (Fsp3) is 0.389. The van der Waals surface area contributed by atoms with Crippen LogP contribution in [-0.4, -0.2) is 0 Å². The van der Waals surface area contributed by atoms with E-state index in [-0.39, 0.29) is 5.82 Å². The van der Waals surface area contributed by atoms with Gasteiger partial charge in [0, 0.05) is 5.56 Å². The van der Waals surface area contributed by atoms with E-state index in [4.69, 9.17) is 0 Å². The average molecular weight is 495 g/mol. The summed E-state index contributed by atoms with van der Waals surface area (Å²) in [6.07, 6.45) is 19.1. The largest absolute Gasteiger partial charge is 0.206 e. The van der Waals surface area contributed by atoms with Crippen molar-refractivity contribution in [2.24, 2.45) is 11.8 Å².